The van der Waals surface area contributed by atoms with Crippen molar-refractivity contribution in [3.05, 3.63) is 36.4 Å². The SMILES string of the molecule is C=CCOc1ccc(CNC[C@H]2CCCN2CC)cc1OC. The lowest BCUT2D eigenvalue weighted by molar-refractivity contribution is 0.260. The predicted octanol–water partition coefficient (Wildman–Crippen LogP) is 2.83. The predicted molar refractivity (Wildman–Crippen MR) is 90.7 cm³/mol. The van der Waals surface area contributed by atoms with E-state index in [1.54, 1.807) is 13.2 Å². The second-order valence-corrected chi connectivity index (χ2v) is 5.64. The highest BCUT2D eigenvalue weighted by molar-refractivity contribution is 5.43. The van der Waals surface area contributed by atoms with Crippen LogP contribution in [0.5, 0.6) is 11.5 Å². The highest BCUT2D eigenvalue weighted by Gasteiger charge is 2.22. The first-order chi connectivity index (χ1) is 10.8. The topological polar surface area (TPSA) is 33.7 Å². The van der Waals surface area contributed by atoms with Crippen LogP contribution in [0, 0.1) is 0 Å². The minimum Gasteiger partial charge on any atom is -0.493 e. The summed E-state index contributed by atoms with van der Waals surface area (Å²) in [6.45, 7) is 10.7. The van der Waals surface area contributed by atoms with Gasteiger partial charge in [-0.25, -0.2) is 0 Å². The van der Waals surface area contributed by atoms with Crippen LogP contribution in [-0.2, 0) is 6.54 Å². The molecule has 0 radical (unpaired) electrons. The summed E-state index contributed by atoms with van der Waals surface area (Å²) in [7, 11) is 1.67. The molecule has 1 aromatic carbocycles. The third-order valence-electron chi connectivity index (χ3n) is 4.20. The smallest absolute Gasteiger partial charge is 0.161 e. The lowest BCUT2D eigenvalue weighted by Gasteiger charge is -2.23. The number of nitrogens with one attached hydrogen (secondary N) is 1. The molecule has 122 valence electrons. The van der Waals surface area contributed by atoms with Crippen LogP contribution in [0.25, 0.3) is 0 Å². The van der Waals surface area contributed by atoms with Gasteiger partial charge in [0.2, 0.25) is 0 Å². The Balaban J connectivity index is 1.86. The molecule has 1 aromatic rings. The van der Waals surface area contributed by atoms with Crippen LogP contribution in [-0.4, -0.2) is 44.3 Å². The van der Waals surface area contributed by atoms with E-state index >= 15 is 0 Å². The van der Waals surface area contributed by atoms with E-state index in [0.717, 1.165) is 31.1 Å². The van der Waals surface area contributed by atoms with Crippen molar-refractivity contribution in [1.29, 1.82) is 0 Å². The van der Waals surface area contributed by atoms with Crippen molar-refractivity contribution in [2.75, 3.05) is 33.4 Å². The quantitative estimate of drug-likeness (QED) is 0.711. The van der Waals surface area contributed by atoms with Gasteiger partial charge in [0.1, 0.15) is 6.61 Å². The van der Waals surface area contributed by atoms with Crippen molar-refractivity contribution in [2.24, 2.45) is 0 Å². The van der Waals surface area contributed by atoms with Gasteiger partial charge in [0.05, 0.1) is 7.11 Å². The van der Waals surface area contributed by atoms with E-state index in [-0.39, 0.29) is 0 Å². The molecule has 1 aliphatic heterocycles. The van der Waals surface area contributed by atoms with Crippen molar-refractivity contribution in [1.82, 2.24) is 10.2 Å². The summed E-state index contributed by atoms with van der Waals surface area (Å²) in [5, 5.41) is 3.57. The fraction of sp³-hybridized carbons (Fsp3) is 0.556. The molecule has 0 bridgehead atoms. The number of ether oxygens (including phenoxy) is 2. The van der Waals surface area contributed by atoms with Crippen LogP contribution in [0.1, 0.15) is 25.3 Å². The largest absolute Gasteiger partial charge is 0.493 e. The maximum Gasteiger partial charge on any atom is 0.161 e. The number of likely N-dealkylation sites (N-methyl/N-ethyl adjacent to an activating group) is 1. The molecule has 0 unspecified atom stereocenters. The van der Waals surface area contributed by atoms with Gasteiger partial charge in [0.15, 0.2) is 11.5 Å². The number of nitrogens with zero attached hydrogens (tertiary/aromatic N) is 1. The summed E-state index contributed by atoms with van der Waals surface area (Å²) in [4.78, 5) is 2.56. The average Bonchev–Trinajstić information content (AvgIpc) is 3.01. The fourth-order valence-corrected chi connectivity index (χ4v) is 3.02. The van der Waals surface area contributed by atoms with Gasteiger partial charge >= 0.3 is 0 Å². The maximum atomic E-state index is 5.58. The number of benzene rings is 1. The molecule has 1 saturated heterocycles. The maximum absolute atomic E-state index is 5.58. The van der Waals surface area contributed by atoms with Gasteiger partial charge in [-0.05, 0) is 43.6 Å². The van der Waals surface area contributed by atoms with Crippen molar-refractivity contribution in [2.45, 2.75) is 32.4 Å². The van der Waals surface area contributed by atoms with E-state index in [2.05, 4.69) is 29.8 Å². The average molecular weight is 304 g/mol. The Labute approximate surface area is 134 Å². The van der Waals surface area contributed by atoms with Crippen LogP contribution in [0.15, 0.2) is 30.9 Å². The molecule has 1 aliphatic rings. The monoisotopic (exact) mass is 304 g/mol. The molecule has 22 heavy (non-hydrogen) atoms. The molecule has 0 amide bonds. The molecule has 2 rings (SSSR count). The van der Waals surface area contributed by atoms with Gasteiger partial charge in [0.25, 0.3) is 0 Å². The van der Waals surface area contributed by atoms with Gasteiger partial charge in [0, 0.05) is 19.1 Å². The minimum atomic E-state index is 0.489. The Morgan fingerprint density at radius 3 is 3.00 bits per heavy atom. The van der Waals surface area contributed by atoms with E-state index < -0.39 is 0 Å². The number of rotatable bonds is 9. The molecule has 4 heteroatoms. The number of methoxy groups -OCH3 is 1. The molecule has 1 atom stereocenters. The zero-order chi connectivity index (χ0) is 15.8. The third kappa shape index (κ3) is 4.49. The number of hydrogen-bond acceptors (Lipinski definition) is 4. The van der Waals surface area contributed by atoms with Gasteiger partial charge in [-0.15, -0.1) is 0 Å². The molecular formula is C18H28N2O2. The van der Waals surface area contributed by atoms with E-state index in [0.29, 0.717) is 12.6 Å². The standard InChI is InChI=1S/C18H28N2O2/c1-4-11-22-17-9-8-15(12-18(17)21-3)13-19-14-16-7-6-10-20(16)5-2/h4,8-9,12,16,19H,1,5-7,10-11,13-14H2,2-3H3/t16-/m1/s1. The van der Waals surface area contributed by atoms with Crippen LogP contribution in [0.2, 0.25) is 0 Å². The Morgan fingerprint density at radius 2 is 2.27 bits per heavy atom. The van der Waals surface area contributed by atoms with Crippen LogP contribution in [0.4, 0.5) is 0 Å². The van der Waals surface area contributed by atoms with Crippen molar-refractivity contribution in [3.63, 3.8) is 0 Å². The van der Waals surface area contributed by atoms with Gasteiger partial charge in [-0.2, -0.15) is 0 Å². The first-order valence-electron chi connectivity index (χ1n) is 8.13. The zero-order valence-corrected chi connectivity index (χ0v) is 13.8. The van der Waals surface area contributed by atoms with Crippen LogP contribution < -0.4 is 14.8 Å². The normalized spacial score (nSPS) is 18.4. The number of likely N-dealkylation sites (tertiary alicyclic amines) is 1. The first-order valence-corrected chi connectivity index (χ1v) is 8.13. The van der Waals surface area contributed by atoms with Gasteiger partial charge < -0.3 is 14.8 Å². The molecule has 0 aliphatic carbocycles. The zero-order valence-electron chi connectivity index (χ0n) is 13.8. The first kappa shape index (κ1) is 16.8. The highest BCUT2D eigenvalue weighted by Crippen LogP contribution is 2.28. The van der Waals surface area contributed by atoms with Crippen molar-refractivity contribution >= 4 is 0 Å². The molecule has 4 nitrogen and oxygen atoms in total. The second-order valence-electron chi connectivity index (χ2n) is 5.64. The van der Waals surface area contributed by atoms with Crippen LogP contribution >= 0.6 is 0 Å². The highest BCUT2D eigenvalue weighted by atomic mass is 16.5. The molecule has 1 fully saturated rings. The molecule has 0 aromatic heterocycles. The summed E-state index contributed by atoms with van der Waals surface area (Å²) < 4.78 is 11.0. The molecular weight excluding hydrogens is 276 g/mol. The van der Waals surface area contributed by atoms with E-state index in [1.165, 1.54) is 24.9 Å². The Kier molecular flexibility index (Phi) is 6.74. The fourth-order valence-electron chi connectivity index (χ4n) is 3.02. The van der Waals surface area contributed by atoms with E-state index in [1.807, 2.05) is 12.1 Å². The third-order valence-corrected chi connectivity index (χ3v) is 4.20. The van der Waals surface area contributed by atoms with Gasteiger partial charge in [-0.3, -0.25) is 4.90 Å². The summed E-state index contributed by atoms with van der Waals surface area (Å²) in [6.07, 6.45) is 4.36. The summed E-state index contributed by atoms with van der Waals surface area (Å²) >= 11 is 0. The summed E-state index contributed by atoms with van der Waals surface area (Å²) in [6, 6.07) is 6.77. The van der Waals surface area contributed by atoms with E-state index in [9.17, 15) is 0 Å². The Bertz CT molecular complexity index is 476. The number of hydrogen-bond donors (Lipinski definition) is 1. The second kappa shape index (κ2) is 8.81. The van der Waals surface area contributed by atoms with Gasteiger partial charge in [-0.1, -0.05) is 25.6 Å². The lowest BCUT2D eigenvalue weighted by Crippen LogP contribution is -2.37. The van der Waals surface area contributed by atoms with Crippen molar-refractivity contribution < 1.29 is 9.47 Å². The molecule has 1 N–H and O–H groups in total. The molecule has 0 spiro atoms. The van der Waals surface area contributed by atoms with Crippen molar-refractivity contribution in [3.8, 4) is 11.5 Å². The lowest BCUT2D eigenvalue weighted by atomic mass is 10.2. The minimum absolute atomic E-state index is 0.489. The molecule has 0 saturated carbocycles. The Morgan fingerprint density at radius 1 is 1.41 bits per heavy atom. The van der Waals surface area contributed by atoms with E-state index in [4.69, 9.17) is 9.47 Å². The van der Waals surface area contributed by atoms with Crippen LogP contribution in [0.3, 0.4) is 0 Å². The Hall–Kier alpha value is -1.52. The summed E-state index contributed by atoms with van der Waals surface area (Å²) in [5.41, 5.74) is 1.21. The molecule has 1 heterocycles. The summed E-state index contributed by atoms with van der Waals surface area (Å²) in [5.74, 6) is 1.54.